The minimum Gasteiger partial charge on any atom is -0.326 e. The number of carbonyl (C=O) groups excluding carboxylic acids is 1. The fraction of sp³-hybridized carbons (Fsp3) is 0.316. The van der Waals surface area contributed by atoms with E-state index >= 15 is 0 Å². The third kappa shape index (κ3) is 5.14. The van der Waals surface area contributed by atoms with Crippen molar-refractivity contribution in [3.05, 3.63) is 60.2 Å². The maximum absolute atomic E-state index is 12.4. The Morgan fingerprint density at radius 3 is 2.08 bits per heavy atom. The Bertz CT molecular complexity index is 834. The van der Waals surface area contributed by atoms with Crippen LogP contribution < -0.4 is 15.8 Å². The van der Waals surface area contributed by atoms with Gasteiger partial charge in [-0.25, -0.2) is 13.1 Å². The van der Waals surface area contributed by atoms with Gasteiger partial charge in [-0.15, -0.1) is 0 Å². The van der Waals surface area contributed by atoms with Gasteiger partial charge in [-0.05, 0) is 43.7 Å². The molecular weight excluding hydrogens is 350 g/mol. The van der Waals surface area contributed by atoms with Crippen molar-refractivity contribution in [2.75, 3.05) is 5.32 Å². The maximum Gasteiger partial charge on any atom is 0.240 e. The summed E-state index contributed by atoms with van der Waals surface area (Å²) in [4.78, 5) is 12.6. The summed E-state index contributed by atoms with van der Waals surface area (Å²) in [5.41, 5.74) is 7.58. The maximum atomic E-state index is 12.4. The van der Waals surface area contributed by atoms with Crippen molar-refractivity contribution in [1.82, 2.24) is 4.72 Å². The van der Waals surface area contributed by atoms with Crippen molar-refractivity contribution in [3.63, 3.8) is 0 Å². The van der Waals surface area contributed by atoms with Gasteiger partial charge in [-0.3, -0.25) is 4.79 Å². The van der Waals surface area contributed by atoms with Gasteiger partial charge in [-0.2, -0.15) is 0 Å². The van der Waals surface area contributed by atoms with E-state index in [1.54, 1.807) is 32.9 Å². The summed E-state index contributed by atoms with van der Waals surface area (Å²) < 4.78 is 26.7. The van der Waals surface area contributed by atoms with Crippen LogP contribution in [0.4, 0.5) is 5.69 Å². The Morgan fingerprint density at radius 2 is 1.54 bits per heavy atom. The molecule has 0 aliphatic carbocycles. The lowest BCUT2D eigenvalue weighted by molar-refractivity contribution is -0.120. The molecule has 0 saturated heterocycles. The Hall–Kier alpha value is -2.22. The molecule has 0 saturated carbocycles. The number of hydrogen-bond donors (Lipinski definition) is 3. The third-order valence-electron chi connectivity index (χ3n) is 3.96. The predicted octanol–water partition coefficient (Wildman–Crippen LogP) is 2.65. The van der Waals surface area contributed by atoms with Gasteiger partial charge in [0.05, 0.1) is 10.8 Å². The van der Waals surface area contributed by atoms with Crippen LogP contribution in [0.1, 0.15) is 32.4 Å². The molecule has 0 aliphatic rings. The highest BCUT2D eigenvalue weighted by molar-refractivity contribution is 7.89. The number of carbonyl (C=O) groups is 1. The van der Waals surface area contributed by atoms with E-state index in [-0.39, 0.29) is 16.8 Å². The zero-order valence-corrected chi connectivity index (χ0v) is 16.0. The van der Waals surface area contributed by atoms with E-state index in [4.69, 9.17) is 5.73 Å². The number of hydrogen-bond acceptors (Lipinski definition) is 4. The minimum atomic E-state index is -3.55. The second kappa shape index (κ2) is 8.44. The van der Waals surface area contributed by atoms with Gasteiger partial charge in [0.1, 0.15) is 0 Å². The first kappa shape index (κ1) is 20.1. The zero-order chi connectivity index (χ0) is 19.3. The van der Waals surface area contributed by atoms with Crippen molar-refractivity contribution in [2.24, 2.45) is 11.7 Å². The monoisotopic (exact) mass is 375 g/mol. The summed E-state index contributed by atoms with van der Waals surface area (Å²) in [6, 6.07) is 14.8. The van der Waals surface area contributed by atoms with E-state index in [0.29, 0.717) is 5.69 Å². The first-order chi connectivity index (χ1) is 12.2. The van der Waals surface area contributed by atoms with Crippen LogP contribution in [0.25, 0.3) is 0 Å². The van der Waals surface area contributed by atoms with Crippen LogP contribution in [0.5, 0.6) is 0 Å². The molecule has 0 radical (unpaired) electrons. The number of nitrogens with two attached hydrogens (primary N) is 1. The molecule has 2 atom stereocenters. The van der Waals surface area contributed by atoms with Crippen molar-refractivity contribution in [1.29, 1.82) is 0 Å². The van der Waals surface area contributed by atoms with Crippen molar-refractivity contribution in [2.45, 2.75) is 37.8 Å². The highest BCUT2D eigenvalue weighted by Crippen LogP contribution is 2.21. The summed E-state index contributed by atoms with van der Waals surface area (Å²) in [6.45, 7) is 5.27. The number of nitrogens with one attached hydrogen (secondary N) is 2. The molecule has 0 aromatic heterocycles. The van der Waals surface area contributed by atoms with Crippen LogP contribution in [0, 0.1) is 5.92 Å². The summed E-state index contributed by atoms with van der Waals surface area (Å²) in [5.74, 6) is -0.666. The highest BCUT2D eigenvalue weighted by Gasteiger charge is 2.22. The number of sulfonamides is 1. The third-order valence-corrected chi connectivity index (χ3v) is 5.63. The number of amides is 1. The molecule has 2 rings (SSSR count). The average Bonchev–Trinajstić information content (AvgIpc) is 2.60. The Morgan fingerprint density at radius 1 is 0.962 bits per heavy atom. The molecule has 140 valence electrons. The van der Waals surface area contributed by atoms with E-state index in [1.165, 1.54) is 12.1 Å². The lowest BCUT2D eigenvalue weighted by Crippen LogP contribution is -2.31. The number of rotatable bonds is 7. The smallest absolute Gasteiger partial charge is 0.240 e. The molecule has 4 N–H and O–H groups in total. The first-order valence-corrected chi connectivity index (χ1v) is 9.93. The summed E-state index contributed by atoms with van der Waals surface area (Å²) in [7, 11) is -3.55. The quantitative estimate of drug-likeness (QED) is 0.692. The van der Waals surface area contributed by atoms with E-state index in [1.807, 2.05) is 30.3 Å². The Labute approximate surface area is 154 Å². The molecule has 26 heavy (non-hydrogen) atoms. The lowest BCUT2D eigenvalue weighted by atomic mass is 9.94. The second-order valence-corrected chi connectivity index (χ2v) is 8.23. The van der Waals surface area contributed by atoms with Crippen LogP contribution in [0.15, 0.2) is 59.5 Å². The van der Waals surface area contributed by atoms with Gasteiger partial charge < -0.3 is 11.1 Å². The van der Waals surface area contributed by atoms with E-state index in [0.717, 1.165) is 5.56 Å². The highest BCUT2D eigenvalue weighted by atomic mass is 32.2. The van der Waals surface area contributed by atoms with Crippen LogP contribution >= 0.6 is 0 Å². The standard InChI is InChI=1S/C19H25N3O3S/c1-13(2)22-26(24,25)17-11-9-16(10-12-17)21-19(23)14(3)18(20)15-7-5-4-6-8-15/h4-14,18,22H,20H2,1-3H3,(H,21,23). The molecule has 2 aromatic rings. The first-order valence-electron chi connectivity index (χ1n) is 8.44. The second-order valence-electron chi connectivity index (χ2n) is 6.51. The predicted molar refractivity (Wildman–Crippen MR) is 103 cm³/mol. The van der Waals surface area contributed by atoms with Crippen LogP contribution in [-0.2, 0) is 14.8 Å². The minimum absolute atomic E-state index is 0.151. The van der Waals surface area contributed by atoms with Crippen molar-refractivity contribution >= 4 is 21.6 Å². The van der Waals surface area contributed by atoms with E-state index in [9.17, 15) is 13.2 Å². The molecule has 0 bridgehead atoms. The molecule has 7 heteroatoms. The molecule has 6 nitrogen and oxygen atoms in total. The molecule has 1 amide bonds. The summed E-state index contributed by atoms with van der Waals surface area (Å²) in [5, 5.41) is 2.78. The Kier molecular flexibility index (Phi) is 6.52. The normalized spacial score (nSPS) is 14.0. The average molecular weight is 375 g/mol. The van der Waals surface area contributed by atoms with E-state index in [2.05, 4.69) is 10.0 Å². The van der Waals surface area contributed by atoms with Gasteiger partial charge in [0, 0.05) is 17.8 Å². The van der Waals surface area contributed by atoms with Gasteiger partial charge in [0.15, 0.2) is 0 Å². The van der Waals surface area contributed by atoms with Gasteiger partial charge >= 0.3 is 0 Å². The van der Waals surface area contributed by atoms with Crippen LogP contribution in [-0.4, -0.2) is 20.4 Å². The number of benzene rings is 2. The molecule has 0 aliphatic heterocycles. The molecule has 2 aromatic carbocycles. The fourth-order valence-corrected chi connectivity index (χ4v) is 3.73. The topological polar surface area (TPSA) is 101 Å². The molecule has 2 unspecified atom stereocenters. The molecule has 0 fully saturated rings. The SMILES string of the molecule is CC(C)NS(=O)(=O)c1ccc(NC(=O)C(C)C(N)c2ccccc2)cc1. The lowest BCUT2D eigenvalue weighted by Gasteiger charge is -2.20. The van der Waals surface area contributed by atoms with Crippen molar-refractivity contribution < 1.29 is 13.2 Å². The molecule has 0 spiro atoms. The Balaban J connectivity index is 2.05. The van der Waals surface area contributed by atoms with E-state index < -0.39 is 22.0 Å². The van der Waals surface area contributed by atoms with Crippen molar-refractivity contribution in [3.8, 4) is 0 Å². The largest absolute Gasteiger partial charge is 0.326 e. The van der Waals surface area contributed by atoms with Crippen LogP contribution in [0.3, 0.4) is 0 Å². The fourth-order valence-electron chi connectivity index (χ4n) is 2.48. The number of anilines is 1. The van der Waals surface area contributed by atoms with Gasteiger partial charge in [0.2, 0.25) is 15.9 Å². The van der Waals surface area contributed by atoms with Gasteiger partial charge in [-0.1, -0.05) is 37.3 Å². The molecule has 0 heterocycles. The summed E-state index contributed by atoms with van der Waals surface area (Å²) in [6.07, 6.45) is 0. The van der Waals surface area contributed by atoms with Gasteiger partial charge in [0.25, 0.3) is 0 Å². The van der Waals surface area contributed by atoms with Crippen LogP contribution in [0.2, 0.25) is 0 Å². The molecular formula is C19H25N3O3S. The zero-order valence-electron chi connectivity index (χ0n) is 15.1. The summed E-state index contributed by atoms with van der Waals surface area (Å²) >= 11 is 0.